The third kappa shape index (κ3) is 4.69. The first kappa shape index (κ1) is 19.4. The molecule has 1 aromatic rings. The molecule has 0 unspecified atom stereocenters. The molecule has 0 saturated carbocycles. The molecule has 2 heterocycles. The van der Waals surface area contributed by atoms with Gasteiger partial charge in [-0.3, -0.25) is 4.79 Å². The van der Waals surface area contributed by atoms with Crippen molar-refractivity contribution in [3.05, 3.63) is 21.4 Å². The average molecular weight is 347 g/mol. The summed E-state index contributed by atoms with van der Waals surface area (Å²) in [5.74, 6) is 0.0526. The first-order valence-corrected chi connectivity index (χ1v) is 8.49. The van der Waals surface area contributed by atoms with Gasteiger partial charge in [0.05, 0.1) is 11.5 Å². The van der Waals surface area contributed by atoms with Gasteiger partial charge in [-0.2, -0.15) is 0 Å². The van der Waals surface area contributed by atoms with Crippen molar-refractivity contribution in [2.75, 3.05) is 33.4 Å². The maximum atomic E-state index is 12.4. The van der Waals surface area contributed by atoms with Crippen molar-refractivity contribution in [1.29, 1.82) is 0 Å². The highest BCUT2D eigenvalue weighted by Crippen LogP contribution is 2.29. The van der Waals surface area contributed by atoms with E-state index in [1.165, 1.54) is 10.4 Å². The van der Waals surface area contributed by atoms with Crippen LogP contribution >= 0.6 is 23.7 Å². The van der Waals surface area contributed by atoms with Gasteiger partial charge in [0.1, 0.15) is 0 Å². The molecular weight excluding hydrogens is 320 g/mol. The molecule has 1 fully saturated rings. The number of nitrogens with one attached hydrogen (secondary N) is 2. The fraction of sp³-hybridized carbons (Fsp3) is 0.688. The molecule has 1 aliphatic heterocycles. The number of carbonyl (C=O) groups is 1. The van der Waals surface area contributed by atoms with Crippen molar-refractivity contribution in [2.24, 2.45) is 5.41 Å². The topological polar surface area (TPSA) is 50.4 Å². The maximum absolute atomic E-state index is 12.4. The van der Waals surface area contributed by atoms with Gasteiger partial charge in [-0.1, -0.05) is 6.92 Å². The zero-order chi connectivity index (χ0) is 15.3. The molecule has 0 aromatic carbocycles. The van der Waals surface area contributed by atoms with Gasteiger partial charge >= 0.3 is 0 Å². The van der Waals surface area contributed by atoms with Crippen molar-refractivity contribution < 1.29 is 9.53 Å². The molecule has 6 heteroatoms. The lowest BCUT2D eigenvalue weighted by Crippen LogP contribution is -2.47. The van der Waals surface area contributed by atoms with Gasteiger partial charge in [-0.25, -0.2) is 0 Å². The Labute approximate surface area is 143 Å². The Hall–Kier alpha value is -0.620. The van der Waals surface area contributed by atoms with E-state index in [-0.39, 0.29) is 23.7 Å². The molecule has 1 amide bonds. The predicted molar refractivity (Wildman–Crippen MR) is 94.4 cm³/mol. The molecule has 1 aromatic heterocycles. The number of ether oxygens (including phenoxy) is 1. The molecule has 126 valence electrons. The number of halogens is 1. The number of rotatable bonds is 6. The summed E-state index contributed by atoms with van der Waals surface area (Å²) in [6.45, 7) is 7.60. The molecule has 0 bridgehead atoms. The Kier molecular flexibility index (Phi) is 7.83. The molecule has 1 saturated heterocycles. The predicted octanol–water partition coefficient (Wildman–Crippen LogP) is 2.79. The number of aryl methyl sites for hydroxylation is 2. The summed E-state index contributed by atoms with van der Waals surface area (Å²) in [7, 11) is 1.74. The van der Waals surface area contributed by atoms with E-state index in [1.54, 1.807) is 18.4 Å². The SMILES string of the molecule is CCc1sc(C(=O)NCC2(COC)CCNCC2)cc1C.Cl. The van der Waals surface area contributed by atoms with Crippen LogP contribution in [0, 0.1) is 12.3 Å². The monoisotopic (exact) mass is 346 g/mol. The second-order valence-electron chi connectivity index (χ2n) is 5.94. The van der Waals surface area contributed by atoms with Crippen LogP contribution in [0.2, 0.25) is 0 Å². The minimum Gasteiger partial charge on any atom is -0.384 e. The molecule has 4 nitrogen and oxygen atoms in total. The molecule has 2 rings (SSSR count). The van der Waals surface area contributed by atoms with Gasteiger partial charge in [-0.15, -0.1) is 23.7 Å². The normalized spacial score (nSPS) is 16.9. The summed E-state index contributed by atoms with van der Waals surface area (Å²) >= 11 is 1.61. The molecule has 0 spiro atoms. The van der Waals surface area contributed by atoms with Crippen LogP contribution in [0.1, 0.15) is 39.9 Å². The zero-order valence-electron chi connectivity index (χ0n) is 13.7. The van der Waals surface area contributed by atoms with E-state index in [9.17, 15) is 4.79 Å². The van der Waals surface area contributed by atoms with Gasteiger partial charge in [0.15, 0.2) is 0 Å². The minimum atomic E-state index is 0. The van der Waals surface area contributed by atoms with Crippen LogP contribution in [-0.2, 0) is 11.2 Å². The van der Waals surface area contributed by atoms with Crippen LogP contribution < -0.4 is 10.6 Å². The fourth-order valence-corrected chi connectivity index (χ4v) is 4.00. The molecule has 2 N–H and O–H groups in total. The standard InChI is InChI=1S/C16H26N2O2S.ClH/c1-4-13-12(2)9-14(21-13)15(19)18-10-16(11-20-3)5-7-17-8-6-16;/h9,17H,4-8,10-11H2,1-3H3,(H,18,19);1H. The second-order valence-corrected chi connectivity index (χ2v) is 7.07. The molecule has 22 heavy (non-hydrogen) atoms. The van der Waals surface area contributed by atoms with Gasteiger partial charge in [-0.05, 0) is 50.9 Å². The number of amides is 1. The molecule has 0 atom stereocenters. The number of methoxy groups -OCH3 is 1. The zero-order valence-corrected chi connectivity index (χ0v) is 15.3. The molecule has 0 radical (unpaired) electrons. The van der Waals surface area contributed by atoms with Crippen LogP contribution in [0.3, 0.4) is 0 Å². The van der Waals surface area contributed by atoms with Gasteiger partial charge in [0.25, 0.3) is 5.91 Å². The Bertz CT molecular complexity index is 479. The third-order valence-corrected chi connectivity index (χ3v) is 5.68. The van der Waals surface area contributed by atoms with Crippen LogP contribution in [0.15, 0.2) is 6.07 Å². The van der Waals surface area contributed by atoms with E-state index in [4.69, 9.17) is 4.74 Å². The van der Waals surface area contributed by atoms with E-state index in [1.807, 2.05) is 6.07 Å². The summed E-state index contributed by atoms with van der Waals surface area (Å²) in [6.07, 6.45) is 3.08. The van der Waals surface area contributed by atoms with Crippen LogP contribution in [0.5, 0.6) is 0 Å². The van der Waals surface area contributed by atoms with Crippen molar-refractivity contribution >= 4 is 29.7 Å². The lowest BCUT2D eigenvalue weighted by atomic mass is 9.79. The van der Waals surface area contributed by atoms with Gasteiger partial charge in [0, 0.05) is 23.9 Å². The Morgan fingerprint density at radius 3 is 2.68 bits per heavy atom. The van der Waals surface area contributed by atoms with E-state index >= 15 is 0 Å². The van der Waals surface area contributed by atoms with Crippen molar-refractivity contribution in [3.63, 3.8) is 0 Å². The van der Waals surface area contributed by atoms with Crippen molar-refractivity contribution in [2.45, 2.75) is 33.1 Å². The summed E-state index contributed by atoms with van der Waals surface area (Å²) in [5.41, 5.74) is 1.30. The quantitative estimate of drug-likeness (QED) is 0.832. The van der Waals surface area contributed by atoms with E-state index in [0.717, 1.165) is 37.2 Å². The number of hydrogen-bond acceptors (Lipinski definition) is 4. The van der Waals surface area contributed by atoms with E-state index in [2.05, 4.69) is 24.5 Å². The fourth-order valence-electron chi connectivity index (χ4n) is 2.97. The molecule has 1 aliphatic rings. The highest BCUT2D eigenvalue weighted by atomic mass is 35.5. The third-order valence-electron chi connectivity index (χ3n) is 4.30. The summed E-state index contributed by atoms with van der Waals surface area (Å²) < 4.78 is 5.39. The van der Waals surface area contributed by atoms with Gasteiger partial charge < -0.3 is 15.4 Å². The van der Waals surface area contributed by atoms with E-state index < -0.39 is 0 Å². The summed E-state index contributed by atoms with van der Waals surface area (Å²) in [5, 5.41) is 6.49. The minimum absolute atomic E-state index is 0. The number of hydrogen-bond donors (Lipinski definition) is 2. The van der Waals surface area contributed by atoms with Crippen LogP contribution in [0.25, 0.3) is 0 Å². The highest BCUT2D eigenvalue weighted by molar-refractivity contribution is 7.14. The highest BCUT2D eigenvalue weighted by Gasteiger charge is 2.32. The Balaban J connectivity index is 0.00000242. The van der Waals surface area contributed by atoms with Crippen LogP contribution in [0.4, 0.5) is 0 Å². The Morgan fingerprint density at radius 2 is 2.14 bits per heavy atom. The Morgan fingerprint density at radius 1 is 1.45 bits per heavy atom. The lowest BCUT2D eigenvalue weighted by molar-refractivity contribution is 0.0512. The first-order valence-electron chi connectivity index (χ1n) is 7.67. The largest absolute Gasteiger partial charge is 0.384 e. The number of piperidine rings is 1. The number of thiophene rings is 1. The van der Waals surface area contributed by atoms with E-state index in [0.29, 0.717) is 13.2 Å². The maximum Gasteiger partial charge on any atom is 0.261 e. The lowest BCUT2D eigenvalue weighted by Gasteiger charge is -2.37. The van der Waals surface area contributed by atoms with Gasteiger partial charge in [0.2, 0.25) is 0 Å². The molecular formula is C16H27ClN2O2S. The second kappa shape index (κ2) is 8.87. The van der Waals surface area contributed by atoms with Crippen molar-refractivity contribution in [1.82, 2.24) is 10.6 Å². The first-order chi connectivity index (χ1) is 10.1. The number of carbonyl (C=O) groups excluding carboxylic acids is 1. The summed E-state index contributed by atoms with van der Waals surface area (Å²) in [6, 6.07) is 2.00. The summed E-state index contributed by atoms with van der Waals surface area (Å²) in [4.78, 5) is 14.5. The smallest absolute Gasteiger partial charge is 0.261 e. The van der Waals surface area contributed by atoms with Crippen LogP contribution in [-0.4, -0.2) is 39.3 Å². The molecule has 0 aliphatic carbocycles. The van der Waals surface area contributed by atoms with Crippen molar-refractivity contribution in [3.8, 4) is 0 Å². The average Bonchev–Trinajstić information content (AvgIpc) is 2.87.